The van der Waals surface area contributed by atoms with Crippen molar-refractivity contribution >= 4 is 5.78 Å². The molecule has 0 N–H and O–H groups in total. The van der Waals surface area contributed by atoms with Gasteiger partial charge in [0.15, 0.2) is 0 Å². The lowest BCUT2D eigenvalue weighted by molar-refractivity contribution is -0.128. The van der Waals surface area contributed by atoms with Gasteiger partial charge in [-0.05, 0) is 24.2 Å². The van der Waals surface area contributed by atoms with Crippen LogP contribution >= 0.6 is 0 Å². The van der Waals surface area contributed by atoms with Crippen LogP contribution in [0.2, 0.25) is 0 Å². The first-order valence-electron chi connectivity index (χ1n) is 5.51. The lowest BCUT2D eigenvalue weighted by Gasteiger charge is -2.32. The van der Waals surface area contributed by atoms with Gasteiger partial charge in [-0.3, -0.25) is 4.79 Å². The normalized spacial score (nSPS) is 64.7. The summed E-state index contributed by atoms with van der Waals surface area (Å²) in [6.07, 6.45) is 1.31. The average molecular weight is 154 g/mol. The largest absolute Gasteiger partial charge is 0.299 e. The second kappa shape index (κ2) is 1.70. The second-order valence-electron chi connectivity index (χ2n) is 4.43. The number of hydrogen-bond acceptors (Lipinski definition) is 1. The first-order valence-corrected chi connectivity index (χ1v) is 4.23. The Morgan fingerprint density at radius 1 is 1.73 bits per heavy atom. The molecule has 2 bridgehead atoms. The standard InChI is InChI=1S/C10H16O/c1-9(2)7-4-5-10(9,3)8(11)6-7/h7H,4-6H2,1-3H3/i1D,6D. The highest BCUT2D eigenvalue weighted by Crippen LogP contribution is 2.63. The Morgan fingerprint density at radius 2 is 2.45 bits per heavy atom. The second-order valence-corrected chi connectivity index (χ2v) is 4.43. The van der Waals surface area contributed by atoms with Crippen molar-refractivity contribution in [2.75, 3.05) is 0 Å². The number of fused-ring (bicyclic) bond motifs is 2. The van der Waals surface area contributed by atoms with Gasteiger partial charge in [0.2, 0.25) is 0 Å². The molecule has 62 valence electrons. The fraction of sp³-hybridized carbons (Fsp3) is 0.900. The SMILES string of the molecule is [2H]CC1(C)C2CCC1(C)C(=O)C2[2H]. The van der Waals surface area contributed by atoms with Crippen molar-refractivity contribution < 1.29 is 7.54 Å². The number of Topliss-reactive ketones (excluding diaryl/α,β-unsaturated/α-hetero) is 1. The molecule has 2 rings (SSSR count). The highest BCUT2D eigenvalue weighted by atomic mass is 16.1. The summed E-state index contributed by atoms with van der Waals surface area (Å²) in [6, 6.07) is 0. The molecule has 2 fully saturated rings. The van der Waals surface area contributed by atoms with Crippen LogP contribution in [0.4, 0.5) is 0 Å². The quantitative estimate of drug-likeness (QED) is 0.523. The van der Waals surface area contributed by atoms with Crippen molar-refractivity contribution in [3.05, 3.63) is 0 Å². The zero-order valence-corrected chi connectivity index (χ0v) is 7.18. The highest BCUT2D eigenvalue weighted by Gasteiger charge is 2.61. The molecule has 1 nitrogen and oxygen atoms in total. The van der Waals surface area contributed by atoms with Crippen molar-refractivity contribution in [3.63, 3.8) is 0 Å². The van der Waals surface area contributed by atoms with Gasteiger partial charge in [-0.1, -0.05) is 20.7 Å². The number of hydrogen-bond donors (Lipinski definition) is 0. The molecule has 0 radical (unpaired) electrons. The highest BCUT2D eigenvalue weighted by molar-refractivity contribution is 5.89. The maximum Gasteiger partial charge on any atom is 0.139 e. The van der Waals surface area contributed by atoms with E-state index in [2.05, 4.69) is 0 Å². The molecule has 0 saturated heterocycles. The molecule has 0 amide bonds. The van der Waals surface area contributed by atoms with Crippen molar-refractivity contribution in [1.82, 2.24) is 0 Å². The van der Waals surface area contributed by atoms with E-state index in [1.807, 2.05) is 13.8 Å². The Labute approximate surface area is 71.0 Å². The smallest absolute Gasteiger partial charge is 0.139 e. The maximum atomic E-state index is 11.8. The molecular weight excluding hydrogens is 136 g/mol. The molecule has 0 aliphatic heterocycles. The van der Waals surface area contributed by atoms with Gasteiger partial charge in [0.1, 0.15) is 5.78 Å². The van der Waals surface area contributed by atoms with Crippen LogP contribution in [-0.2, 0) is 4.79 Å². The molecular formula is C10H16O. The van der Waals surface area contributed by atoms with Gasteiger partial charge in [-0.15, -0.1) is 0 Å². The van der Waals surface area contributed by atoms with Gasteiger partial charge in [0.05, 0.1) is 0 Å². The predicted octanol–water partition coefficient (Wildman–Crippen LogP) is 2.40. The number of carbonyl (C=O) groups excluding carboxylic acids is 1. The Hall–Kier alpha value is -0.330. The summed E-state index contributed by atoms with van der Waals surface area (Å²) in [6.45, 7) is 4.26. The van der Waals surface area contributed by atoms with Gasteiger partial charge in [0.25, 0.3) is 0 Å². The van der Waals surface area contributed by atoms with Crippen LogP contribution < -0.4 is 0 Å². The summed E-state index contributed by atoms with van der Waals surface area (Å²) in [7, 11) is 0. The molecule has 0 spiro atoms. The summed E-state index contributed by atoms with van der Waals surface area (Å²) in [4.78, 5) is 11.8. The van der Waals surface area contributed by atoms with E-state index in [9.17, 15) is 4.79 Å². The number of ketones is 1. The molecule has 0 aromatic rings. The minimum Gasteiger partial charge on any atom is -0.299 e. The lowest BCUT2D eigenvalue weighted by Crippen LogP contribution is -2.32. The van der Waals surface area contributed by atoms with Crippen LogP contribution in [0.15, 0.2) is 0 Å². The topological polar surface area (TPSA) is 17.1 Å². The fourth-order valence-electron chi connectivity index (χ4n) is 2.50. The van der Waals surface area contributed by atoms with Crippen LogP contribution in [0.3, 0.4) is 0 Å². The van der Waals surface area contributed by atoms with E-state index in [0.717, 1.165) is 12.8 Å². The van der Waals surface area contributed by atoms with Gasteiger partial charge in [-0.2, -0.15) is 0 Å². The van der Waals surface area contributed by atoms with E-state index in [4.69, 9.17) is 2.74 Å². The van der Waals surface area contributed by atoms with Crippen LogP contribution in [0.1, 0.15) is 42.7 Å². The van der Waals surface area contributed by atoms with Crippen LogP contribution in [0.5, 0.6) is 0 Å². The van der Waals surface area contributed by atoms with Crippen LogP contribution in [-0.4, -0.2) is 5.78 Å². The molecule has 4 atom stereocenters. The Balaban J connectivity index is 2.49. The van der Waals surface area contributed by atoms with E-state index >= 15 is 0 Å². The van der Waals surface area contributed by atoms with Crippen molar-refractivity contribution in [2.24, 2.45) is 16.7 Å². The molecule has 0 aromatic heterocycles. The summed E-state index contributed by atoms with van der Waals surface area (Å²) >= 11 is 0. The first kappa shape index (κ1) is 5.34. The zero-order valence-electron chi connectivity index (χ0n) is 9.18. The molecule has 2 aliphatic carbocycles. The van der Waals surface area contributed by atoms with Crippen molar-refractivity contribution in [2.45, 2.75) is 40.0 Å². The summed E-state index contributed by atoms with van der Waals surface area (Å²) in [5.41, 5.74) is -0.595. The monoisotopic (exact) mass is 154 g/mol. The molecule has 0 heterocycles. The fourth-order valence-corrected chi connectivity index (χ4v) is 2.50. The summed E-state index contributed by atoms with van der Waals surface area (Å²) in [5, 5.41) is 0. The van der Waals surface area contributed by atoms with E-state index < -0.39 is 6.40 Å². The van der Waals surface area contributed by atoms with Crippen LogP contribution in [0.25, 0.3) is 0 Å². The van der Waals surface area contributed by atoms with E-state index in [0.29, 0.717) is 0 Å². The molecule has 4 unspecified atom stereocenters. The number of rotatable bonds is 0. The lowest BCUT2D eigenvalue weighted by atomic mass is 9.70. The Kier molecular flexibility index (Phi) is 0.826. The van der Waals surface area contributed by atoms with Gasteiger partial charge in [0, 0.05) is 14.6 Å². The van der Waals surface area contributed by atoms with Gasteiger partial charge in [-0.25, -0.2) is 0 Å². The summed E-state index contributed by atoms with van der Waals surface area (Å²) in [5.74, 6) is 0.223. The van der Waals surface area contributed by atoms with E-state index in [1.54, 1.807) is 0 Å². The summed E-state index contributed by atoms with van der Waals surface area (Å²) < 4.78 is 15.3. The molecule has 1 heteroatoms. The minimum atomic E-state index is -0.547. The van der Waals surface area contributed by atoms with E-state index in [-0.39, 0.29) is 29.4 Å². The van der Waals surface area contributed by atoms with Gasteiger partial charge >= 0.3 is 0 Å². The zero-order chi connectivity index (χ0) is 9.85. The minimum absolute atomic E-state index is 0.0819. The third kappa shape index (κ3) is 0.605. The Morgan fingerprint density at radius 3 is 2.82 bits per heavy atom. The molecule has 11 heavy (non-hydrogen) atoms. The average Bonchev–Trinajstić information content (AvgIpc) is 2.44. The van der Waals surface area contributed by atoms with E-state index in [1.165, 1.54) is 0 Å². The predicted molar refractivity (Wildman–Crippen MR) is 44.2 cm³/mol. The van der Waals surface area contributed by atoms with Crippen LogP contribution in [0, 0.1) is 16.7 Å². The molecule has 0 aromatic carbocycles. The van der Waals surface area contributed by atoms with Gasteiger partial charge < -0.3 is 0 Å². The number of carbonyl (C=O) groups is 1. The third-order valence-corrected chi connectivity index (χ3v) is 3.93. The maximum absolute atomic E-state index is 11.8. The third-order valence-electron chi connectivity index (χ3n) is 3.93. The van der Waals surface area contributed by atoms with Crippen molar-refractivity contribution in [3.8, 4) is 0 Å². The first-order chi connectivity index (χ1) is 5.97. The van der Waals surface area contributed by atoms with Crippen molar-refractivity contribution in [1.29, 1.82) is 0 Å². The Bertz CT molecular complexity index is 266. The molecule has 2 aliphatic rings. The molecule has 2 saturated carbocycles.